The van der Waals surface area contributed by atoms with Gasteiger partial charge in [-0.2, -0.15) is 0 Å². The van der Waals surface area contributed by atoms with Gasteiger partial charge in [0.05, 0.1) is 17.1 Å². The smallest absolute Gasteiger partial charge is 0.338 e. The quantitative estimate of drug-likeness (QED) is 0.683. The van der Waals surface area contributed by atoms with Gasteiger partial charge in [-0.1, -0.05) is 45.7 Å². The standard InChI is InChI=1S/C22H31NO5S/c1-22(2,3)17-10-8-16(9-11-17)21(25)28-14-20(24)23(18-6-4-5-7-18)19-12-13-29(26,27)15-19/h8-11,18-19H,4-7,12-15H2,1-3H3/t19-/m1/s1. The zero-order valence-electron chi connectivity index (χ0n) is 17.5. The number of ether oxygens (including phenoxy) is 1. The summed E-state index contributed by atoms with van der Waals surface area (Å²) in [5, 5.41) is 0. The summed E-state index contributed by atoms with van der Waals surface area (Å²) >= 11 is 0. The Morgan fingerprint density at radius 1 is 1.03 bits per heavy atom. The molecule has 160 valence electrons. The Kier molecular flexibility index (Phi) is 6.36. The van der Waals surface area contributed by atoms with Gasteiger partial charge in [-0.05, 0) is 42.4 Å². The molecule has 3 rings (SSSR count). The zero-order valence-corrected chi connectivity index (χ0v) is 18.3. The maximum Gasteiger partial charge on any atom is 0.338 e. The topological polar surface area (TPSA) is 80.8 Å². The van der Waals surface area contributed by atoms with Crippen LogP contribution in [0.25, 0.3) is 0 Å². The highest BCUT2D eigenvalue weighted by Gasteiger charge is 2.39. The highest BCUT2D eigenvalue weighted by Crippen LogP contribution is 2.29. The van der Waals surface area contributed by atoms with Crippen LogP contribution < -0.4 is 0 Å². The lowest BCUT2D eigenvalue weighted by atomic mass is 9.87. The first-order valence-corrected chi connectivity index (χ1v) is 12.2. The van der Waals surface area contributed by atoms with Crippen molar-refractivity contribution < 1.29 is 22.7 Å². The van der Waals surface area contributed by atoms with Crippen molar-refractivity contribution in [3.8, 4) is 0 Å². The molecule has 0 N–H and O–H groups in total. The molecule has 1 amide bonds. The predicted molar refractivity (Wildman–Crippen MR) is 112 cm³/mol. The van der Waals surface area contributed by atoms with Crippen molar-refractivity contribution in [3.05, 3.63) is 35.4 Å². The number of nitrogens with zero attached hydrogens (tertiary/aromatic N) is 1. The molecule has 1 heterocycles. The molecule has 6 nitrogen and oxygen atoms in total. The van der Waals surface area contributed by atoms with Crippen molar-refractivity contribution in [2.24, 2.45) is 0 Å². The summed E-state index contributed by atoms with van der Waals surface area (Å²) in [6.07, 6.45) is 4.30. The minimum absolute atomic E-state index is 0.0114. The second-order valence-electron chi connectivity index (χ2n) is 9.20. The fourth-order valence-electron chi connectivity index (χ4n) is 4.27. The molecular weight excluding hydrogens is 390 g/mol. The van der Waals surface area contributed by atoms with Gasteiger partial charge in [0.25, 0.3) is 5.91 Å². The summed E-state index contributed by atoms with van der Waals surface area (Å²) in [4.78, 5) is 27.0. The molecule has 29 heavy (non-hydrogen) atoms. The average Bonchev–Trinajstić information content (AvgIpc) is 3.29. The third-order valence-corrected chi connectivity index (χ3v) is 7.67. The van der Waals surface area contributed by atoms with Gasteiger partial charge >= 0.3 is 5.97 Å². The van der Waals surface area contributed by atoms with Crippen LogP contribution in [0.15, 0.2) is 24.3 Å². The monoisotopic (exact) mass is 421 g/mol. The lowest BCUT2D eigenvalue weighted by molar-refractivity contribution is -0.139. The third kappa shape index (κ3) is 5.38. The number of carbonyl (C=O) groups excluding carboxylic acids is 2. The van der Waals surface area contributed by atoms with Crippen molar-refractivity contribution >= 4 is 21.7 Å². The van der Waals surface area contributed by atoms with Crippen LogP contribution in [0.4, 0.5) is 0 Å². The predicted octanol–water partition coefficient (Wildman–Crippen LogP) is 3.10. The van der Waals surface area contributed by atoms with Gasteiger partial charge in [-0.3, -0.25) is 4.79 Å². The van der Waals surface area contributed by atoms with Crippen LogP contribution in [0.1, 0.15) is 68.8 Å². The van der Waals surface area contributed by atoms with Crippen LogP contribution in [0, 0.1) is 0 Å². The van der Waals surface area contributed by atoms with E-state index in [1.807, 2.05) is 12.1 Å². The van der Waals surface area contributed by atoms with Crippen molar-refractivity contribution in [1.29, 1.82) is 0 Å². The second kappa shape index (κ2) is 8.46. The Morgan fingerprint density at radius 2 is 1.66 bits per heavy atom. The molecule has 7 heteroatoms. The number of rotatable bonds is 5. The summed E-state index contributed by atoms with van der Waals surface area (Å²) in [6, 6.07) is 6.96. The van der Waals surface area contributed by atoms with E-state index >= 15 is 0 Å². The Labute approximate surface area is 173 Å². The summed E-state index contributed by atoms with van der Waals surface area (Å²) < 4.78 is 29.1. The summed E-state index contributed by atoms with van der Waals surface area (Å²) in [5.41, 5.74) is 1.50. The van der Waals surface area contributed by atoms with Crippen LogP contribution in [-0.4, -0.2) is 55.4 Å². The highest BCUT2D eigenvalue weighted by molar-refractivity contribution is 7.91. The fraction of sp³-hybridized carbons (Fsp3) is 0.636. The van der Waals surface area contributed by atoms with Crippen LogP contribution in [-0.2, 0) is 24.8 Å². The molecule has 1 aliphatic heterocycles. The lowest BCUT2D eigenvalue weighted by Gasteiger charge is -2.33. The molecule has 1 saturated heterocycles. The maximum absolute atomic E-state index is 12.9. The lowest BCUT2D eigenvalue weighted by Crippen LogP contribution is -2.48. The number of sulfone groups is 1. The van der Waals surface area contributed by atoms with Crippen LogP contribution in [0.5, 0.6) is 0 Å². The molecule has 2 fully saturated rings. The van der Waals surface area contributed by atoms with Gasteiger partial charge in [0.2, 0.25) is 0 Å². The molecule has 1 aromatic carbocycles. The molecule has 0 bridgehead atoms. The number of esters is 1. The van der Waals surface area contributed by atoms with E-state index in [-0.39, 0.29) is 41.5 Å². The molecule has 1 aliphatic carbocycles. The van der Waals surface area contributed by atoms with E-state index in [1.165, 1.54) is 0 Å². The van der Waals surface area contributed by atoms with Crippen molar-refractivity contribution in [1.82, 2.24) is 4.90 Å². The average molecular weight is 422 g/mol. The van der Waals surface area contributed by atoms with Crippen LogP contribution >= 0.6 is 0 Å². The maximum atomic E-state index is 12.9. The first-order chi connectivity index (χ1) is 13.6. The van der Waals surface area contributed by atoms with E-state index < -0.39 is 15.8 Å². The Hall–Kier alpha value is -1.89. The summed E-state index contributed by atoms with van der Waals surface area (Å²) in [5.74, 6) is -0.700. The van der Waals surface area contributed by atoms with Gasteiger partial charge < -0.3 is 9.64 Å². The minimum Gasteiger partial charge on any atom is -0.452 e. The van der Waals surface area contributed by atoms with Crippen molar-refractivity contribution in [2.75, 3.05) is 18.1 Å². The molecule has 2 aliphatic rings. The Morgan fingerprint density at radius 3 is 2.17 bits per heavy atom. The van der Waals surface area contributed by atoms with Crippen LogP contribution in [0.2, 0.25) is 0 Å². The van der Waals surface area contributed by atoms with E-state index in [0.717, 1.165) is 31.2 Å². The molecule has 0 spiro atoms. The molecule has 1 aromatic rings. The normalized spacial score (nSPS) is 21.8. The van der Waals surface area contributed by atoms with Crippen molar-refractivity contribution in [3.63, 3.8) is 0 Å². The van der Waals surface area contributed by atoms with Crippen LogP contribution in [0.3, 0.4) is 0 Å². The highest BCUT2D eigenvalue weighted by atomic mass is 32.2. The van der Waals surface area contributed by atoms with Gasteiger partial charge in [-0.25, -0.2) is 13.2 Å². The number of benzene rings is 1. The van der Waals surface area contributed by atoms with Gasteiger partial charge in [0.1, 0.15) is 0 Å². The van der Waals surface area contributed by atoms with Gasteiger partial charge in [0.15, 0.2) is 16.4 Å². The van der Waals surface area contributed by atoms with Gasteiger partial charge in [-0.15, -0.1) is 0 Å². The first kappa shape index (κ1) is 21.8. The molecule has 0 radical (unpaired) electrons. The molecule has 0 aromatic heterocycles. The minimum atomic E-state index is -3.10. The molecular formula is C22H31NO5S. The second-order valence-corrected chi connectivity index (χ2v) is 11.4. The number of hydrogen-bond acceptors (Lipinski definition) is 5. The van der Waals surface area contributed by atoms with E-state index in [2.05, 4.69) is 20.8 Å². The molecule has 0 unspecified atom stereocenters. The largest absolute Gasteiger partial charge is 0.452 e. The summed E-state index contributed by atoms with van der Waals surface area (Å²) in [7, 11) is -3.10. The van der Waals surface area contributed by atoms with Gasteiger partial charge in [0, 0.05) is 12.1 Å². The van der Waals surface area contributed by atoms with Crippen molar-refractivity contribution in [2.45, 2.75) is 70.4 Å². The molecule has 1 atom stereocenters. The fourth-order valence-corrected chi connectivity index (χ4v) is 5.99. The van der Waals surface area contributed by atoms with E-state index in [1.54, 1.807) is 17.0 Å². The summed E-state index contributed by atoms with van der Waals surface area (Å²) in [6.45, 7) is 5.94. The number of hydrogen-bond donors (Lipinski definition) is 0. The third-order valence-electron chi connectivity index (χ3n) is 5.92. The number of carbonyl (C=O) groups is 2. The van der Waals surface area contributed by atoms with E-state index in [9.17, 15) is 18.0 Å². The SMILES string of the molecule is CC(C)(C)c1ccc(C(=O)OCC(=O)N(C2CCCC2)[C@@H]2CCS(=O)(=O)C2)cc1. The van der Waals surface area contributed by atoms with E-state index in [0.29, 0.717) is 12.0 Å². The van der Waals surface area contributed by atoms with E-state index in [4.69, 9.17) is 4.74 Å². The number of amides is 1. The molecule has 1 saturated carbocycles. The zero-order chi connectivity index (χ0) is 21.2. The first-order valence-electron chi connectivity index (χ1n) is 10.4. The Bertz CT molecular complexity index is 848. The Balaban J connectivity index is 1.64.